The molecule has 0 fully saturated rings. The van der Waals surface area contributed by atoms with Crippen LogP contribution in [0.15, 0.2) is 117 Å². The summed E-state index contributed by atoms with van der Waals surface area (Å²) >= 11 is 0. The Morgan fingerprint density at radius 3 is 1.27 bits per heavy atom. The standard InChI is InChI=1S/C30H39O3S.C7H5F3O3S/c1-28(2,3)31-22-20-25(32-29(4,5)6)27(26(21-22)33-30(7,8)9)34(23-16-12-10-13-17-23)24-18-14-11-15-19-24;8-7(9,10)5-1-3-6(4-2-5)14(11,12)13/h10-21H,1-9H3;1-4H,(H,11,12,13)/q+1;/p-1. The molecule has 0 amide bonds. The molecule has 11 heteroatoms. The van der Waals surface area contributed by atoms with Crippen LogP contribution in [0.25, 0.3) is 0 Å². The Morgan fingerprint density at radius 2 is 0.958 bits per heavy atom. The molecule has 0 atom stereocenters. The fourth-order valence-electron chi connectivity index (χ4n) is 4.27. The topological polar surface area (TPSA) is 84.9 Å². The van der Waals surface area contributed by atoms with Crippen molar-refractivity contribution in [3.8, 4) is 17.2 Å². The van der Waals surface area contributed by atoms with Crippen LogP contribution in [0.1, 0.15) is 67.9 Å². The van der Waals surface area contributed by atoms with E-state index in [9.17, 15) is 26.1 Å². The SMILES string of the molecule is CC(C)(C)Oc1cc(OC(C)(C)C)c([S+](c2ccccc2)c2ccccc2)c(OC(C)(C)C)c1.O=S(=O)([O-])c1ccc(C(F)(F)F)cc1. The number of hydrogen-bond acceptors (Lipinski definition) is 6. The number of hydrogen-bond donors (Lipinski definition) is 0. The van der Waals surface area contributed by atoms with E-state index < -0.39 is 48.9 Å². The lowest BCUT2D eigenvalue weighted by molar-refractivity contribution is -0.137. The van der Waals surface area contributed by atoms with E-state index in [2.05, 4.69) is 102 Å². The molecule has 4 aromatic carbocycles. The number of benzene rings is 4. The van der Waals surface area contributed by atoms with Crippen molar-refractivity contribution in [1.29, 1.82) is 0 Å². The van der Waals surface area contributed by atoms with Crippen molar-refractivity contribution in [2.24, 2.45) is 0 Å². The van der Waals surface area contributed by atoms with E-state index in [1.165, 1.54) is 9.79 Å². The molecule has 0 N–H and O–H groups in total. The van der Waals surface area contributed by atoms with Gasteiger partial charge >= 0.3 is 6.18 Å². The molecular weight excluding hydrogens is 662 g/mol. The first kappa shape index (κ1) is 38.8. The Kier molecular flexibility index (Phi) is 12.0. The Bertz CT molecular complexity index is 1660. The van der Waals surface area contributed by atoms with Gasteiger partial charge < -0.3 is 18.8 Å². The molecular formula is C37H43F3O6S2. The molecule has 4 rings (SSSR count). The minimum atomic E-state index is -4.68. The van der Waals surface area contributed by atoms with Crippen LogP contribution in [-0.2, 0) is 27.2 Å². The fraction of sp³-hybridized carbons (Fsp3) is 0.351. The van der Waals surface area contributed by atoms with E-state index in [1.807, 2.05) is 32.9 Å². The quantitative estimate of drug-likeness (QED) is 0.141. The highest BCUT2D eigenvalue weighted by Crippen LogP contribution is 2.47. The molecule has 48 heavy (non-hydrogen) atoms. The Labute approximate surface area is 285 Å². The van der Waals surface area contributed by atoms with Crippen molar-refractivity contribution >= 4 is 21.0 Å². The zero-order chi connectivity index (χ0) is 36.1. The lowest BCUT2D eigenvalue weighted by Crippen LogP contribution is -2.27. The van der Waals surface area contributed by atoms with Gasteiger partial charge in [0.25, 0.3) is 0 Å². The van der Waals surface area contributed by atoms with E-state index in [-0.39, 0.29) is 5.60 Å². The average molecular weight is 705 g/mol. The third-order valence-electron chi connectivity index (χ3n) is 5.88. The van der Waals surface area contributed by atoms with E-state index in [1.54, 1.807) is 0 Å². The summed E-state index contributed by atoms with van der Waals surface area (Å²) in [4.78, 5) is 2.76. The summed E-state index contributed by atoms with van der Waals surface area (Å²) in [5.74, 6) is 2.30. The summed E-state index contributed by atoms with van der Waals surface area (Å²) < 4.78 is 86.6. The molecule has 0 aliphatic rings. The van der Waals surface area contributed by atoms with Crippen LogP contribution < -0.4 is 14.2 Å². The highest BCUT2D eigenvalue weighted by molar-refractivity contribution is 7.97. The van der Waals surface area contributed by atoms with Gasteiger partial charge in [-0.05, 0) is 111 Å². The molecule has 0 saturated heterocycles. The molecule has 0 bridgehead atoms. The maximum atomic E-state index is 12.0. The Morgan fingerprint density at radius 1 is 0.583 bits per heavy atom. The van der Waals surface area contributed by atoms with Crippen molar-refractivity contribution in [3.63, 3.8) is 0 Å². The van der Waals surface area contributed by atoms with Gasteiger partial charge in [0, 0.05) is 12.1 Å². The number of halogens is 3. The number of rotatable bonds is 7. The van der Waals surface area contributed by atoms with Crippen molar-refractivity contribution < 1.29 is 40.4 Å². The zero-order valence-electron chi connectivity index (χ0n) is 28.6. The van der Waals surface area contributed by atoms with Crippen LogP contribution >= 0.6 is 0 Å². The second-order valence-electron chi connectivity index (χ2n) is 13.8. The van der Waals surface area contributed by atoms with Gasteiger partial charge in [0.05, 0.1) is 10.5 Å². The Hall–Kier alpha value is -3.67. The van der Waals surface area contributed by atoms with Gasteiger partial charge in [-0.25, -0.2) is 8.42 Å². The highest BCUT2D eigenvalue weighted by Gasteiger charge is 2.39. The number of alkyl halides is 3. The summed E-state index contributed by atoms with van der Waals surface area (Å²) in [6.07, 6.45) is -4.54. The molecule has 0 saturated carbocycles. The molecule has 260 valence electrons. The lowest BCUT2D eigenvalue weighted by Gasteiger charge is -2.28. The van der Waals surface area contributed by atoms with E-state index in [4.69, 9.17) is 14.2 Å². The van der Waals surface area contributed by atoms with Crippen molar-refractivity contribution in [2.45, 2.75) is 105 Å². The van der Waals surface area contributed by atoms with Crippen LogP contribution in [0.3, 0.4) is 0 Å². The third-order valence-corrected chi connectivity index (χ3v) is 9.03. The van der Waals surface area contributed by atoms with Crippen LogP contribution in [0.2, 0.25) is 0 Å². The number of ether oxygens (including phenoxy) is 3. The monoisotopic (exact) mass is 704 g/mol. The molecule has 0 heterocycles. The highest BCUT2D eigenvalue weighted by atomic mass is 32.2. The summed E-state index contributed by atoms with van der Waals surface area (Å²) in [5, 5.41) is 0. The molecule has 0 aliphatic heterocycles. The van der Waals surface area contributed by atoms with Gasteiger partial charge in [-0.3, -0.25) is 0 Å². The smallest absolute Gasteiger partial charge is 0.416 e. The van der Waals surface area contributed by atoms with Gasteiger partial charge in [0.2, 0.25) is 4.90 Å². The second-order valence-corrected chi connectivity index (χ2v) is 17.1. The van der Waals surface area contributed by atoms with Gasteiger partial charge in [0.15, 0.2) is 21.3 Å². The minimum absolute atomic E-state index is 0.347. The van der Waals surface area contributed by atoms with Crippen LogP contribution in [0.4, 0.5) is 13.2 Å². The maximum absolute atomic E-state index is 12.0. The summed E-state index contributed by atoms with van der Waals surface area (Å²) in [5.41, 5.74) is -2.13. The maximum Gasteiger partial charge on any atom is 0.416 e. The van der Waals surface area contributed by atoms with Crippen LogP contribution in [0, 0.1) is 0 Å². The van der Waals surface area contributed by atoms with Gasteiger partial charge in [0.1, 0.15) is 43.6 Å². The first-order valence-corrected chi connectivity index (χ1v) is 17.8. The normalized spacial score (nSPS) is 12.6. The molecule has 0 aliphatic carbocycles. The molecule has 0 radical (unpaired) electrons. The average Bonchev–Trinajstić information content (AvgIpc) is 2.93. The Balaban J connectivity index is 0.000000373. The van der Waals surface area contributed by atoms with E-state index in [0.717, 1.165) is 22.1 Å². The van der Waals surface area contributed by atoms with Gasteiger partial charge in [-0.1, -0.05) is 36.4 Å². The predicted octanol–water partition coefficient (Wildman–Crippen LogP) is 9.92. The molecule has 0 aromatic heterocycles. The molecule has 4 aromatic rings. The lowest BCUT2D eigenvalue weighted by atomic mass is 10.1. The third kappa shape index (κ3) is 12.1. The molecule has 0 unspecified atom stereocenters. The largest absolute Gasteiger partial charge is 0.744 e. The summed E-state index contributed by atoms with van der Waals surface area (Å²) in [6.45, 7) is 18.6. The van der Waals surface area contributed by atoms with E-state index >= 15 is 0 Å². The van der Waals surface area contributed by atoms with Crippen LogP contribution in [0.5, 0.6) is 17.2 Å². The van der Waals surface area contributed by atoms with Crippen molar-refractivity contribution in [2.75, 3.05) is 0 Å². The zero-order valence-corrected chi connectivity index (χ0v) is 30.3. The molecule has 6 nitrogen and oxygen atoms in total. The van der Waals surface area contributed by atoms with E-state index in [0.29, 0.717) is 24.3 Å². The minimum Gasteiger partial charge on any atom is -0.744 e. The predicted molar refractivity (Wildman–Crippen MR) is 182 cm³/mol. The summed E-state index contributed by atoms with van der Waals surface area (Å²) in [6, 6.07) is 27.6. The molecule has 0 spiro atoms. The van der Waals surface area contributed by atoms with Crippen LogP contribution in [-0.4, -0.2) is 29.8 Å². The first-order valence-electron chi connectivity index (χ1n) is 15.2. The van der Waals surface area contributed by atoms with Crippen molar-refractivity contribution in [1.82, 2.24) is 0 Å². The van der Waals surface area contributed by atoms with Gasteiger partial charge in [-0.2, -0.15) is 13.2 Å². The van der Waals surface area contributed by atoms with Gasteiger partial charge in [-0.15, -0.1) is 0 Å². The fourth-order valence-corrected chi connectivity index (χ4v) is 6.95. The summed E-state index contributed by atoms with van der Waals surface area (Å²) in [7, 11) is -5.13. The van der Waals surface area contributed by atoms with Crippen molar-refractivity contribution in [3.05, 3.63) is 103 Å². The first-order chi connectivity index (χ1) is 21.9. The second kappa shape index (κ2) is 14.8.